The van der Waals surface area contributed by atoms with Gasteiger partial charge in [0.2, 0.25) is 0 Å². The summed E-state index contributed by atoms with van der Waals surface area (Å²) < 4.78 is 0. The molecule has 1 nitrogen and oxygen atoms in total. The highest BCUT2D eigenvalue weighted by Crippen LogP contribution is 2.37. The Hall–Kier alpha value is -3.06. The molecule has 3 rings (SSSR count). The first-order valence-electron chi connectivity index (χ1n) is 7.98. The van der Waals surface area contributed by atoms with Crippen LogP contribution in [0.5, 0.6) is 0 Å². The van der Waals surface area contributed by atoms with Gasteiger partial charge in [0.05, 0.1) is 5.69 Å². The van der Waals surface area contributed by atoms with Crippen LogP contribution in [0, 0.1) is 0 Å². The fourth-order valence-corrected chi connectivity index (χ4v) is 3.14. The predicted molar refractivity (Wildman–Crippen MR) is 107 cm³/mol. The SMILES string of the molecule is C=C/C=C(\C=C)N(C(=C)C)c1cc2ccccc2c2ccccc12. The third kappa shape index (κ3) is 2.65. The van der Waals surface area contributed by atoms with Gasteiger partial charge in [-0.15, -0.1) is 0 Å². The van der Waals surface area contributed by atoms with Crippen LogP contribution in [0.15, 0.2) is 104 Å². The lowest BCUT2D eigenvalue weighted by atomic mass is 9.99. The van der Waals surface area contributed by atoms with Crippen molar-refractivity contribution in [1.29, 1.82) is 0 Å². The second kappa shape index (κ2) is 6.59. The van der Waals surface area contributed by atoms with Crippen molar-refractivity contribution in [1.82, 2.24) is 0 Å². The molecule has 3 aromatic carbocycles. The van der Waals surface area contributed by atoms with Crippen molar-refractivity contribution in [3.05, 3.63) is 104 Å². The molecule has 3 aromatic rings. The second-order valence-electron chi connectivity index (χ2n) is 5.76. The molecule has 0 bridgehead atoms. The summed E-state index contributed by atoms with van der Waals surface area (Å²) in [6.07, 6.45) is 5.56. The van der Waals surface area contributed by atoms with E-state index in [1.807, 2.05) is 19.1 Å². The highest BCUT2D eigenvalue weighted by Gasteiger charge is 2.15. The Bertz CT molecular complexity index is 976. The largest absolute Gasteiger partial charge is 0.314 e. The summed E-state index contributed by atoms with van der Waals surface area (Å²) in [4.78, 5) is 2.13. The van der Waals surface area contributed by atoms with Crippen molar-refractivity contribution < 1.29 is 0 Å². The molecule has 0 spiro atoms. The van der Waals surface area contributed by atoms with Gasteiger partial charge in [-0.1, -0.05) is 74.3 Å². The zero-order chi connectivity index (χ0) is 17.1. The van der Waals surface area contributed by atoms with Crippen LogP contribution in [0.25, 0.3) is 21.5 Å². The average Bonchev–Trinajstić information content (AvgIpc) is 2.61. The Kier molecular flexibility index (Phi) is 4.35. The Morgan fingerprint density at radius 1 is 0.917 bits per heavy atom. The van der Waals surface area contributed by atoms with Crippen LogP contribution >= 0.6 is 0 Å². The smallest absolute Gasteiger partial charge is 0.0542 e. The Labute approximate surface area is 143 Å². The first-order chi connectivity index (χ1) is 11.7. The number of allylic oxidation sites excluding steroid dienone is 4. The minimum atomic E-state index is 0.934. The van der Waals surface area contributed by atoms with Gasteiger partial charge in [0.1, 0.15) is 0 Å². The third-order valence-electron chi connectivity index (χ3n) is 4.12. The molecule has 0 N–H and O–H groups in total. The third-order valence-corrected chi connectivity index (χ3v) is 4.12. The minimum absolute atomic E-state index is 0.934. The molecule has 0 heterocycles. The maximum atomic E-state index is 4.17. The van der Waals surface area contributed by atoms with E-state index in [-0.39, 0.29) is 0 Å². The number of anilines is 1. The average molecular weight is 311 g/mol. The first-order valence-corrected chi connectivity index (χ1v) is 7.98. The number of hydrogen-bond acceptors (Lipinski definition) is 1. The quantitative estimate of drug-likeness (QED) is 0.379. The Balaban J connectivity index is 2.41. The van der Waals surface area contributed by atoms with Crippen molar-refractivity contribution in [2.24, 2.45) is 0 Å². The van der Waals surface area contributed by atoms with Gasteiger partial charge in [0.25, 0.3) is 0 Å². The van der Waals surface area contributed by atoms with Gasteiger partial charge in [-0.25, -0.2) is 0 Å². The molecule has 0 atom stereocenters. The van der Waals surface area contributed by atoms with Gasteiger partial charge in [-0.3, -0.25) is 0 Å². The van der Waals surface area contributed by atoms with Crippen molar-refractivity contribution in [3.63, 3.8) is 0 Å². The maximum Gasteiger partial charge on any atom is 0.0542 e. The number of nitrogens with zero attached hydrogens (tertiary/aromatic N) is 1. The van der Waals surface area contributed by atoms with Crippen molar-refractivity contribution in [3.8, 4) is 0 Å². The van der Waals surface area contributed by atoms with E-state index >= 15 is 0 Å². The second-order valence-corrected chi connectivity index (χ2v) is 5.76. The summed E-state index contributed by atoms with van der Waals surface area (Å²) in [6, 6.07) is 19.2. The van der Waals surface area contributed by atoms with E-state index in [9.17, 15) is 0 Å². The topological polar surface area (TPSA) is 3.24 Å². The van der Waals surface area contributed by atoms with Crippen LogP contribution < -0.4 is 4.90 Å². The molecule has 0 saturated carbocycles. The molecule has 118 valence electrons. The van der Waals surface area contributed by atoms with Gasteiger partial charge in [-0.05, 0) is 41.3 Å². The van der Waals surface area contributed by atoms with Gasteiger partial charge < -0.3 is 4.90 Å². The molecule has 0 aliphatic heterocycles. The molecule has 0 aromatic heterocycles. The molecular weight excluding hydrogens is 290 g/mol. The molecule has 0 fully saturated rings. The van der Waals surface area contributed by atoms with E-state index in [0.29, 0.717) is 0 Å². The maximum absolute atomic E-state index is 4.17. The van der Waals surface area contributed by atoms with Gasteiger partial charge in [0.15, 0.2) is 0 Å². The highest BCUT2D eigenvalue weighted by atomic mass is 15.1. The molecule has 0 saturated heterocycles. The van der Waals surface area contributed by atoms with Crippen LogP contribution in [0.2, 0.25) is 0 Å². The number of fused-ring (bicyclic) bond motifs is 3. The number of rotatable bonds is 5. The lowest BCUT2D eigenvalue weighted by Gasteiger charge is -2.28. The summed E-state index contributed by atoms with van der Waals surface area (Å²) in [7, 11) is 0. The van der Waals surface area contributed by atoms with Gasteiger partial charge >= 0.3 is 0 Å². The summed E-state index contributed by atoms with van der Waals surface area (Å²) >= 11 is 0. The molecule has 0 amide bonds. The van der Waals surface area contributed by atoms with Crippen LogP contribution in [-0.2, 0) is 0 Å². The lowest BCUT2D eigenvalue weighted by Crippen LogP contribution is -2.18. The summed E-state index contributed by atoms with van der Waals surface area (Å²) in [5, 5.41) is 4.89. The minimum Gasteiger partial charge on any atom is -0.314 e. The fourth-order valence-electron chi connectivity index (χ4n) is 3.14. The zero-order valence-corrected chi connectivity index (χ0v) is 14.0. The normalized spacial score (nSPS) is 11.5. The van der Waals surface area contributed by atoms with Crippen LogP contribution in [0.3, 0.4) is 0 Å². The van der Waals surface area contributed by atoms with E-state index < -0.39 is 0 Å². The Morgan fingerprint density at radius 2 is 1.54 bits per heavy atom. The number of benzene rings is 3. The monoisotopic (exact) mass is 311 g/mol. The van der Waals surface area contributed by atoms with E-state index in [0.717, 1.165) is 17.1 Å². The molecule has 1 heteroatoms. The molecule has 24 heavy (non-hydrogen) atoms. The van der Waals surface area contributed by atoms with Crippen LogP contribution in [0.1, 0.15) is 6.92 Å². The summed E-state index contributed by atoms with van der Waals surface area (Å²) in [5.41, 5.74) is 2.99. The Morgan fingerprint density at radius 3 is 2.17 bits per heavy atom. The first kappa shape index (κ1) is 15.8. The number of hydrogen-bond donors (Lipinski definition) is 0. The highest BCUT2D eigenvalue weighted by molar-refractivity contribution is 6.13. The lowest BCUT2D eigenvalue weighted by molar-refractivity contribution is 1.12. The molecular formula is C23H21N. The molecule has 0 aliphatic carbocycles. The predicted octanol–water partition coefficient (Wildman–Crippen LogP) is 6.59. The van der Waals surface area contributed by atoms with Crippen LogP contribution in [-0.4, -0.2) is 0 Å². The molecule has 0 aliphatic rings. The summed E-state index contributed by atoms with van der Waals surface area (Å²) in [5.74, 6) is 0. The van der Waals surface area contributed by atoms with E-state index in [1.54, 1.807) is 6.08 Å². The van der Waals surface area contributed by atoms with E-state index in [1.165, 1.54) is 21.5 Å². The van der Waals surface area contributed by atoms with Gasteiger partial charge in [-0.2, -0.15) is 0 Å². The standard InChI is InChI=1S/C23H21N/c1-5-11-19(6-2)24(17(3)4)23-16-18-12-7-8-13-20(18)21-14-9-10-15-22(21)23/h5-16H,1-3H2,4H3/b19-11+. The zero-order valence-electron chi connectivity index (χ0n) is 14.0. The van der Waals surface area contributed by atoms with Crippen molar-refractivity contribution in [2.45, 2.75) is 6.92 Å². The summed E-state index contributed by atoms with van der Waals surface area (Å²) in [6.45, 7) is 13.9. The van der Waals surface area contributed by atoms with Crippen LogP contribution in [0.4, 0.5) is 5.69 Å². The van der Waals surface area contributed by atoms with Crippen molar-refractivity contribution >= 4 is 27.2 Å². The van der Waals surface area contributed by atoms with Gasteiger partial charge in [0, 0.05) is 16.8 Å². The fraction of sp³-hybridized carbons (Fsp3) is 0.0435. The molecule has 0 unspecified atom stereocenters. The van der Waals surface area contributed by atoms with Crippen molar-refractivity contribution in [2.75, 3.05) is 4.90 Å². The molecule has 0 radical (unpaired) electrons. The van der Waals surface area contributed by atoms with E-state index in [4.69, 9.17) is 0 Å². The van der Waals surface area contributed by atoms with E-state index in [2.05, 4.69) is 79.2 Å².